The highest BCUT2D eigenvalue weighted by atomic mass is 19.1. The molecule has 1 rings (SSSR count). The molecule has 16 heavy (non-hydrogen) atoms. The number of benzene rings is 1. The Morgan fingerprint density at radius 1 is 1.50 bits per heavy atom. The van der Waals surface area contributed by atoms with Gasteiger partial charge in [0, 0.05) is 6.54 Å². The van der Waals surface area contributed by atoms with Gasteiger partial charge < -0.3 is 14.7 Å². The summed E-state index contributed by atoms with van der Waals surface area (Å²) in [6.45, 7) is 1.02. The molecule has 1 N–H and O–H groups in total. The lowest BCUT2D eigenvalue weighted by Gasteiger charge is -2.12. The number of carboxylic acids is 1. The van der Waals surface area contributed by atoms with Crippen LogP contribution in [0.15, 0.2) is 18.2 Å². The number of carboxylic acid groups (broad SMARTS) is 1. The minimum atomic E-state index is -1.20. The molecule has 0 saturated carbocycles. The molecule has 5 heteroatoms. The summed E-state index contributed by atoms with van der Waals surface area (Å²) in [5, 5.41) is 8.84. The molecule has 0 heterocycles. The molecule has 0 atom stereocenters. The number of nitrogens with zero attached hydrogens (tertiary/aromatic N) is 1. The highest BCUT2D eigenvalue weighted by molar-refractivity contribution is 5.90. The first kappa shape index (κ1) is 12.4. The highest BCUT2D eigenvalue weighted by Crippen LogP contribution is 2.19. The van der Waals surface area contributed by atoms with Crippen LogP contribution in [-0.4, -0.2) is 43.2 Å². The molecular weight excluding hydrogens is 213 g/mol. The molecule has 0 aliphatic carbocycles. The van der Waals surface area contributed by atoms with E-state index in [0.717, 1.165) is 6.07 Å². The van der Waals surface area contributed by atoms with Crippen molar-refractivity contribution < 1.29 is 19.0 Å². The molecule has 0 aromatic heterocycles. The van der Waals surface area contributed by atoms with Crippen molar-refractivity contribution in [2.24, 2.45) is 0 Å². The topological polar surface area (TPSA) is 49.8 Å². The van der Waals surface area contributed by atoms with Gasteiger partial charge in [-0.3, -0.25) is 0 Å². The van der Waals surface area contributed by atoms with Gasteiger partial charge in [0.05, 0.1) is 0 Å². The monoisotopic (exact) mass is 227 g/mol. The fourth-order valence-electron chi connectivity index (χ4n) is 1.13. The predicted octanol–water partition coefficient (Wildman–Crippen LogP) is 1.46. The Labute approximate surface area is 93.3 Å². The second-order valence-electron chi connectivity index (χ2n) is 3.60. The fourth-order valence-corrected chi connectivity index (χ4v) is 1.13. The van der Waals surface area contributed by atoms with Crippen LogP contribution in [0, 0.1) is 5.82 Å². The lowest BCUT2D eigenvalue weighted by atomic mass is 10.2. The van der Waals surface area contributed by atoms with Crippen molar-refractivity contribution in [1.29, 1.82) is 0 Å². The second kappa shape index (κ2) is 5.46. The maximum atomic E-state index is 12.8. The summed E-state index contributed by atoms with van der Waals surface area (Å²) in [6.07, 6.45) is 0. The number of ether oxygens (including phenoxy) is 1. The maximum Gasteiger partial charge on any atom is 0.339 e. The largest absolute Gasteiger partial charge is 0.491 e. The summed E-state index contributed by atoms with van der Waals surface area (Å²) < 4.78 is 18.1. The van der Waals surface area contributed by atoms with E-state index >= 15 is 0 Å². The van der Waals surface area contributed by atoms with E-state index in [4.69, 9.17) is 9.84 Å². The van der Waals surface area contributed by atoms with Crippen molar-refractivity contribution in [2.45, 2.75) is 0 Å². The third-order valence-electron chi connectivity index (χ3n) is 1.97. The van der Waals surface area contributed by atoms with Crippen LogP contribution in [-0.2, 0) is 0 Å². The van der Waals surface area contributed by atoms with E-state index in [0.29, 0.717) is 13.2 Å². The normalized spacial score (nSPS) is 10.5. The quantitative estimate of drug-likeness (QED) is 0.827. The Kier molecular flexibility index (Phi) is 4.25. The molecule has 1 aromatic rings. The SMILES string of the molecule is CN(C)CCOc1ccc(F)cc1C(=O)O. The van der Waals surface area contributed by atoms with Crippen LogP contribution < -0.4 is 4.74 Å². The number of likely N-dealkylation sites (N-methyl/N-ethyl adjacent to an activating group) is 1. The molecule has 0 amide bonds. The molecular formula is C11H14FNO3. The lowest BCUT2D eigenvalue weighted by molar-refractivity contribution is 0.0691. The molecule has 0 unspecified atom stereocenters. The van der Waals surface area contributed by atoms with Crippen molar-refractivity contribution in [3.05, 3.63) is 29.6 Å². The number of carbonyl (C=O) groups is 1. The van der Waals surface area contributed by atoms with Crippen molar-refractivity contribution in [1.82, 2.24) is 4.90 Å². The molecule has 4 nitrogen and oxygen atoms in total. The lowest BCUT2D eigenvalue weighted by Crippen LogP contribution is -2.20. The molecule has 1 aromatic carbocycles. The average Bonchev–Trinajstić information content (AvgIpc) is 2.19. The average molecular weight is 227 g/mol. The molecule has 0 aliphatic rings. The van der Waals surface area contributed by atoms with Gasteiger partial charge in [0.2, 0.25) is 0 Å². The Hall–Kier alpha value is -1.62. The summed E-state index contributed by atoms with van der Waals surface area (Å²) in [6, 6.07) is 3.46. The maximum absolute atomic E-state index is 12.8. The van der Waals surface area contributed by atoms with E-state index in [1.165, 1.54) is 12.1 Å². The van der Waals surface area contributed by atoms with Crippen molar-refractivity contribution in [2.75, 3.05) is 27.2 Å². The standard InChI is InChI=1S/C11H14FNO3/c1-13(2)5-6-16-10-4-3-8(12)7-9(10)11(14)15/h3-4,7H,5-6H2,1-2H3,(H,14,15). The summed E-state index contributed by atoms with van der Waals surface area (Å²) in [4.78, 5) is 12.7. The van der Waals surface area contributed by atoms with Gasteiger partial charge in [0.1, 0.15) is 23.7 Å². The van der Waals surface area contributed by atoms with Crippen LogP contribution in [0.1, 0.15) is 10.4 Å². The third kappa shape index (κ3) is 3.51. The smallest absolute Gasteiger partial charge is 0.339 e. The van der Waals surface area contributed by atoms with Gasteiger partial charge in [0.15, 0.2) is 0 Å². The van der Waals surface area contributed by atoms with Gasteiger partial charge >= 0.3 is 5.97 Å². The van der Waals surface area contributed by atoms with Crippen molar-refractivity contribution >= 4 is 5.97 Å². The van der Waals surface area contributed by atoms with E-state index in [9.17, 15) is 9.18 Å². The summed E-state index contributed by atoms with van der Waals surface area (Å²) in [7, 11) is 3.76. The van der Waals surface area contributed by atoms with Gasteiger partial charge in [-0.05, 0) is 32.3 Å². The first-order valence-electron chi connectivity index (χ1n) is 4.81. The number of halogens is 1. The van der Waals surface area contributed by atoms with E-state index in [1.807, 2.05) is 19.0 Å². The summed E-state index contributed by atoms with van der Waals surface area (Å²) in [5.74, 6) is -1.59. The minimum absolute atomic E-state index is 0.154. The number of hydrogen-bond donors (Lipinski definition) is 1. The second-order valence-corrected chi connectivity index (χ2v) is 3.60. The fraction of sp³-hybridized carbons (Fsp3) is 0.364. The predicted molar refractivity (Wildman–Crippen MR) is 57.4 cm³/mol. The number of hydrogen-bond acceptors (Lipinski definition) is 3. The Morgan fingerprint density at radius 2 is 2.19 bits per heavy atom. The molecule has 88 valence electrons. The molecule has 0 aliphatic heterocycles. The number of aromatic carboxylic acids is 1. The zero-order valence-electron chi connectivity index (χ0n) is 9.24. The van der Waals surface area contributed by atoms with Crippen molar-refractivity contribution in [3.8, 4) is 5.75 Å². The number of rotatable bonds is 5. The van der Waals surface area contributed by atoms with Crippen LogP contribution in [0.5, 0.6) is 5.75 Å². The zero-order valence-corrected chi connectivity index (χ0v) is 9.24. The molecule has 0 fully saturated rings. The van der Waals surface area contributed by atoms with E-state index in [2.05, 4.69) is 0 Å². The first-order valence-corrected chi connectivity index (χ1v) is 4.81. The molecule has 0 spiro atoms. The molecule has 0 saturated heterocycles. The van der Waals surface area contributed by atoms with Crippen LogP contribution in [0.3, 0.4) is 0 Å². The van der Waals surface area contributed by atoms with E-state index in [-0.39, 0.29) is 11.3 Å². The third-order valence-corrected chi connectivity index (χ3v) is 1.97. The van der Waals surface area contributed by atoms with Gasteiger partial charge in [-0.25, -0.2) is 9.18 Å². The Balaban J connectivity index is 2.75. The van der Waals surface area contributed by atoms with E-state index in [1.54, 1.807) is 0 Å². The van der Waals surface area contributed by atoms with Gasteiger partial charge in [-0.2, -0.15) is 0 Å². The van der Waals surface area contributed by atoms with Crippen LogP contribution in [0.25, 0.3) is 0 Å². The minimum Gasteiger partial charge on any atom is -0.491 e. The zero-order chi connectivity index (χ0) is 12.1. The Bertz CT molecular complexity index is 379. The Morgan fingerprint density at radius 3 is 2.75 bits per heavy atom. The van der Waals surface area contributed by atoms with Crippen molar-refractivity contribution in [3.63, 3.8) is 0 Å². The van der Waals surface area contributed by atoms with Crippen LogP contribution >= 0.6 is 0 Å². The van der Waals surface area contributed by atoms with E-state index < -0.39 is 11.8 Å². The van der Waals surface area contributed by atoms with Crippen LogP contribution in [0.2, 0.25) is 0 Å². The van der Waals surface area contributed by atoms with Gasteiger partial charge in [0.25, 0.3) is 0 Å². The van der Waals surface area contributed by atoms with Gasteiger partial charge in [-0.1, -0.05) is 0 Å². The summed E-state index contributed by atoms with van der Waals surface area (Å²) in [5.41, 5.74) is -0.154. The molecule has 0 radical (unpaired) electrons. The first-order chi connectivity index (χ1) is 7.50. The summed E-state index contributed by atoms with van der Waals surface area (Å²) >= 11 is 0. The highest BCUT2D eigenvalue weighted by Gasteiger charge is 2.12. The molecule has 0 bridgehead atoms. The van der Waals surface area contributed by atoms with Gasteiger partial charge in [-0.15, -0.1) is 0 Å². The van der Waals surface area contributed by atoms with Crippen LogP contribution in [0.4, 0.5) is 4.39 Å².